The molecular weight excluding hydrogens is 305 g/mol. The van der Waals surface area contributed by atoms with Crippen molar-refractivity contribution in [1.82, 2.24) is 10.1 Å². The van der Waals surface area contributed by atoms with E-state index in [-0.39, 0.29) is 11.7 Å². The summed E-state index contributed by atoms with van der Waals surface area (Å²) in [5, 5.41) is 13.4. The molecule has 0 bridgehead atoms. The van der Waals surface area contributed by atoms with Crippen LogP contribution in [-0.4, -0.2) is 21.8 Å². The molecule has 0 fully saturated rings. The van der Waals surface area contributed by atoms with E-state index in [1.165, 1.54) is 12.1 Å². The zero-order valence-corrected chi connectivity index (χ0v) is 10.9. The Kier molecular flexibility index (Phi) is 4.05. The summed E-state index contributed by atoms with van der Waals surface area (Å²) in [6.07, 6.45) is -0.533. The van der Waals surface area contributed by atoms with E-state index >= 15 is 0 Å². The van der Waals surface area contributed by atoms with Crippen LogP contribution in [0.3, 0.4) is 0 Å². The molecule has 0 radical (unpaired) electrons. The van der Waals surface area contributed by atoms with Crippen molar-refractivity contribution in [3.05, 3.63) is 34.4 Å². The van der Waals surface area contributed by atoms with E-state index in [0.717, 1.165) is 0 Å². The number of nitrogens with two attached hydrogens (primary N) is 1. The molecule has 2 aromatic rings. The molecule has 0 amide bonds. The highest BCUT2D eigenvalue weighted by atomic mass is 79.9. The van der Waals surface area contributed by atoms with Gasteiger partial charge in [0.2, 0.25) is 5.82 Å². The maximum absolute atomic E-state index is 13.1. The van der Waals surface area contributed by atoms with Crippen LogP contribution >= 0.6 is 15.9 Å². The van der Waals surface area contributed by atoms with Gasteiger partial charge in [-0.1, -0.05) is 5.16 Å². The van der Waals surface area contributed by atoms with Gasteiger partial charge in [0.1, 0.15) is 11.9 Å². The van der Waals surface area contributed by atoms with Gasteiger partial charge in [-0.2, -0.15) is 4.98 Å². The molecule has 5 nitrogen and oxygen atoms in total. The number of rotatable bonds is 4. The monoisotopic (exact) mass is 315 g/mol. The van der Waals surface area contributed by atoms with Crippen LogP contribution < -0.4 is 5.73 Å². The highest BCUT2D eigenvalue weighted by Gasteiger charge is 2.16. The van der Waals surface area contributed by atoms with Crippen LogP contribution in [0.2, 0.25) is 0 Å². The summed E-state index contributed by atoms with van der Waals surface area (Å²) in [4.78, 5) is 4.04. The van der Waals surface area contributed by atoms with Crippen LogP contribution in [0.15, 0.2) is 27.2 Å². The smallest absolute Gasteiger partial charge is 0.255 e. The molecule has 1 aromatic heterocycles. The van der Waals surface area contributed by atoms with E-state index in [0.29, 0.717) is 28.8 Å². The van der Waals surface area contributed by atoms with Crippen molar-refractivity contribution in [1.29, 1.82) is 0 Å². The Morgan fingerprint density at radius 2 is 2.28 bits per heavy atom. The molecule has 0 saturated heterocycles. The van der Waals surface area contributed by atoms with Crippen molar-refractivity contribution in [2.45, 2.75) is 12.5 Å². The molecule has 0 saturated carbocycles. The van der Waals surface area contributed by atoms with Crippen molar-refractivity contribution < 1.29 is 14.0 Å². The first-order valence-corrected chi connectivity index (χ1v) is 6.08. The van der Waals surface area contributed by atoms with Gasteiger partial charge in [-0.15, -0.1) is 0 Å². The predicted octanol–water partition coefficient (Wildman–Crippen LogP) is 2.02. The van der Waals surface area contributed by atoms with E-state index in [9.17, 15) is 9.50 Å². The SMILES string of the molecule is NCCC(O)c1nc(-c2ccc(F)c(Br)c2)no1. The van der Waals surface area contributed by atoms with Crippen LogP contribution in [0, 0.1) is 5.82 Å². The summed E-state index contributed by atoms with van der Waals surface area (Å²) in [5.41, 5.74) is 5.92. The van der Waals surface area contributed by atoms with Gasteiger partial charge in [0.15, 0.2) is 0 Å². The number of aliphatic hydroxyl groups is 1. The topological polar surface area (TPSA) is 85.2 Å². The molecule has 0 aliphatic heterocycles. The second-order valence-corrected chi connectivity index (χ2v) is 4.53. The number of halogens is 2. The fourth-order valence-electron chi connectivity index (χ4n) is 1.40. The Bertz CT molecular complexity index is 547. The third kappa shape index (κ3) is 2.74. The summed E-state index contributed by atoms with van der Waals surface area (Å²) in [5.74, 6) is 0.0308. The van der Waals surface area contributed by atoms with Gasteiger partial charge in [0.05, 0.1) is 4.47 Å². The first-order chi connectivity index (χ1) is 8.61. The zero-order valence-electron chi connectivity index (χ0n) is 9.31. The van der Waals surface area contributed by atoms with Crippen LogP contribution in [-0.2, 0) is 0 Å². The van der Waals surface area contributed by atoms with E-state index in [1.54, 1.807) is 6.07 Å². The molecule has 7 heteroatoms. The quantitative estimate of drug-likeness (QED) is 0.901. The molecule has 1 unspecified atom stereocenters. The van der Waals surface area contributed by atoms with Gasteiger partial charge >= 0.3 is 0 Å². The molecule has 0 aliphatic carbocycles. The molecule has 18 heavy (non-hydrogen) atoms. The Morgan fingerprint density at radius 1 is 1.50 bits per heavy atom. The molecule has 0 spiro atoms. The molecule has 2 rings (SSSR count). The average molecular weight is 316 g/mol. The Hall–Kier alpha value is -1.31. The number of hydrogen-bond donors (Lipinski definition) is 2. The maximum atomic E-state index is 13.1. The minimum absolute atomic E-state index is 0.107. The zero-order chi connectivity index (χ0) is 13.1. The van der Waals surface area contributed by atoms with Crippen LogP contribution in [0.25, 0.3) is 11.4 Å². The number of aromatic nitrogens is 2. The molecular formula is C11H11BrFN3O2. The fourth-order valence-corrected chi connectivity index (χ4v) is 1.78. The van der Waals surface area contributed by atoms with E-state index in [1.807, 2.05) is 0 Å². The van der Waals surface area contributed by atoms with Gasteiger partial charge in [0.25, 0.3) is 5.89 Å². The van der Waals surface area contributed by atoms with Crippen molar-refractivity contribution >= 4 is 15.9 Å². The summed E-state index contributed by atoms with van der Waals surface area (Å²) >= 11 is 3.08. The molecule has 3 N–H and O–H groups in total. The lowest BCUT2D eigenvalue weighted by atomic mass is 10.2. The highest BCUT2D eigenvalue weighted by molar-refractivity contribution is 9.10. The highest BCUT2D eigenvalue weighted by Crippen LogP contribution is 2.24. The Balaban J connectivity index is 2.26. The maximum Gasteiger partial charge on any atom is 0.255 e. The predicted molar refractivity (Wildman–Crippen MR) is 66.0 cm³/mol. The number of hydrogen-bond acceptors (Lipinski definition) is 5. The van der Waals surface area contributed by atoms with E-state index in [4.69, 9.17) is 10.3 Å². The third-order valence-corrected chi connectivity index (χ3v) is 2.95. The van der Waals surface area contributed by atoms with Crippen molar-refractivity contribution in [2.24, 2.45) is 5.73 Å². The van der Waals surface area contributed by atoms with E-state index in [2.05, 4.69) is 26.1 Å². The van der Waals surface area contributed by atoms with Gasteiger partial charge in [-0.25, -0.2) is 4.39 Å². The van der Waals surface area contributed by atoms with Gasteiger partial charge in [0, 0.05) is 5.56 Å². The minimum Gasteiger partial charge on any atom is -0.383 e. The van der Waals surface area contributed by atoms with Crippen LogP contribution in [0.5, 0.6) is 0 Å². The Labute approximate surface area is 111 Å². The first-order valence-electron chi connectivity index (χ1n) is 5.29. The minimum atomic E-state index is -0.875. The van der Waals surface area contributed by atoms with Crippen molar-refractivity contribution in [3.8, 4) is 11.4 Å². The van der Waals surface area contributed by atoms with Gasteiger partial charge < -0.3 is 15.4 Å². The molecule has 96 valence electrons. The largest absolute Gasteiger partial charge is 0.383 e. The molecule has 1 heterocycles. The van der Waals surface area contributed by atoms with Gasteiger partial charge in [-0.05, 0) is 47.1 Å². The number of aliphatic hydroxyl groups excluding tert-OH is 1. The van der Waals surface area contributed by atoms with Crippen molar-refractivity contribution in [3.63, 3.8) is 0 Å². The molecule has 1 atom stereocenters. The van der Waals surface area contributed by atoms with E-state index < -0.39 is 6.10 Å². The van der Waals surface area contributed by atoms with Crippen molar-refractivity contribution in [2.75, 3.05) is 6.54 Å². The summed E-state index contributed by atoms with van der Waals surface area (Å²) < 4.78 is 18.3. The summed E-state index contributed by atoms with van der Waals surface area (Å²) in [7, 11) is 0. The Morgan fingerprint density at radius 3 is 2.94 bits per heavy atom. The molecule has 0 aliphatic rings. The second kappa shape index (κ2) is 5.55. The normalized spacial score (nSPS) is 12.7. The number of nitrogens with zero attached hydrogens (tertiary/aromatic N) is 2. The van der Waals surface area contributed by atoms with Gasteiger partial charge in [-0.3, -0.25) is 0 Å². The summed E-state index contributed by atoms with van der Waals surface area (Å²) in [6.45, 7) is 0.320. The average Bonchev–Trinajstić information content (AvgIpc) is 2.82. The standard InChI is InChI=1S/C11H11BrFN3O2/c12-7-5-6(1-2-8(7)13)10-15-11(18-16-10)9(17)3-4-14/h1-2,5,9,17H,3-4,14H2. The first kappa shape index (κ1) is 13.1. The summed E-state index contributed by atoms with van der Waals surface area (Å²) in [6, 6.07) is 4.37. The molecule has 1 aromatic carbocycles. The lowest BCUT2D eigenvalue weighted by molar-refractivity contribution is 0.127. The lowest BCUT2D eigenvalue weighted by Gasteiger charge is -2.01. The van der Waals surface area contributed by atoms with Crippen LogP contribution in [0.4, 0.5) is 4.39 Å². The lowest BCUT2D eigenvalue weighted by Crippen LogP contribution is -2.06. The fraction of sp³-hybridized carbons (Fsp3) is 0.273. The third-order valence-electron chi connectivity index (χ3n) is 2.34. The number of benzene rings is 1. The van der Waals surface area contributed by atoms with Crippen LogP contribution in [0.1, 0.15) is 18.4 Å². The second-order valence-electron chi connectivity index (χ2n) is 3.68.